The van der Waals surface area contributed by atoms with Crippen molar-refractivity contribution in [1.82, 2.24) is 4.90 Å². The van der Waals surface area contributed by atoms with E-state index in [1.165, 1.54) is 63.6 Å². The molecule has 2 fully saturated rings. The van der Waals surface area contributed by atoms with Gasteiger partial charge in [-0.05, 0) is 75.2 Å². The number of piperidine rings is 1. The Morgan fingerprint density at radius 2 is 1.47 bits per heavy atom. The van der Waals surface area contributed by atoms with Crippen molar-refractivity contribution in [3.8, 4) is 0 Å². The number of hydrogen-bond donors (Lipinski definition) is 0. The third-order valence-corrected chi connectivity index (χ3v) is 5.20. The molecule has 3 rings (SSSR count). The van der Waals surface area contributed by atoms with E-state index in [0.717, 1.165) is 17.0 Å². The molecular formula is C17H24ClN. The zero-order valence-corrected chi connectivity index (χ0v) is 12.4. The van der Waals surface area contributed by atoms with E-state index in [9.17, 15) is 0 Å². The SMILES string of the molecule is Clc1ccc(C2CCC(N3CCCCC3)CC2)cc1. The summed E-state index contributed by atoms with van der Waals surface area (Å²) in [6, 6.07) is 9.37. The lowest BCUT2D eigenvalue weighted by Gasteiger charge is -2.39. The van der Waals surface area contributed by atoms with E-state index in [-0.39, 0.29) is 0 Å². The second kappa shape index (κ2) is 6.28. The maximum atomic E-state index is 5.97. The van der Waals surface area contributed by atoms with Crippen molar-refractivity contribution in [2.75, 3.05) is 13.1 Å². The van der Waals surface area contributed by atoms with Crippen molar-refractivity contribution in [2.45, 2.75) is 56.9 Å². The Hall–Kier alpha value is -0.530. The van der Waals surface area contributed by atoms with Crippen LogP contribution in [0.2, 0.25) is 5.02 Å². The molecule has 0 spiro atoms. The van der Waals surface area contributed by atoms with Gasteiger partial charge >= 0.3 is 0 Å². The fourth-order valence-electron chi connectivity index (χ4n) is 3.79. The van der Waals surface area contributed by atoms with Gasteiger partial charge in [-0.2, -0.15) is 0 Å². The third-order valence-electron chi connectivity index (χ3n) is 4.95. The molecule has 0 aromatic heterocycles. The largest absolute Gasteiger partial charge is 0.300 e. The normalized spacial score (nSPS) is 29.3. The van der Waals surface area contributed by atoms with E-state index >= 15 is 0 Å². The molecule has 1 heterocycles. The van der Waals surface area contributed by atoms with Crippen LogP contribution < -0.4 is 0 Å². The minimum Gasteiger partial charge on any atom is -0.300 e. The maximum absolute atomic E-state index is 5.97. The highest BCUT2D eigenvalue weighted by Gasteiger charge is 2.27. The van der Waals surface area contributed by atoms with Crippen molar-refractivity contribution in [2.24, 2.45) is 0 Å². The van der Waals surface area contributed by atoms with Gasteiger partial charge in [-0.25, -0.2) is 0 Å². The van der Waals surface area contributed by atoms with Crippen LogP contribution >= 0.6 is 11.6 Å². The van der Waals surface area contributed by atoms with E-state index in [0.29, 0.717) is 0 Å². The molecule has 19 heavy (non-hydrogen) atoms. The molecule has 0 amide bonds. The number of nitrogens with zero attached hydrogens (tertiary/aromatic N) is 1. The Morgan fingerprint density at radius 3 is 2.11 bits per heavy atom. The Kier molecular flexibility index (Phi) is 4.45. The van der Waals surface area contributed by atoms with Gasteiger partial charge in [-0.15, -0.1) is 0 Å². The van der Waals surface area contributed by atoms with Crippen LogP contribution in [0.3, 0.4) is 0 Å². The average molecular weight is 278 g/mol. The fourth-order valence-corrected chi connectivity index (χ4v) is 3.92. The molecule has 1 aliphatic heterocycles. The van der Waals surface area contributed by atoms with Crippen LogP contribution in [0.15, 0.2) is 24.3 Å². The van der Waals surface area contributed by atoms with Crippen LogP contribution in [0.25, 0.3) is 0 Å². The number of hydrogen-bond acceptors (Lipinski definition) is 1. The summed E-state index contributed by atoms with van der Waals surface area (Å²) in [6.45, 7) is 2.69. The highest BCUT2D eigenvalue weighted by molar-refractivity contribution is 6.30. The van der Waals surface area contributed by atoms with E-state index in [4.69, 9.17) is 11.6 Å². The van der Waals surface area contributed by atoms with E-state index < -0.39 is 0 Å². The molecule has 1 aliphatic carbocycles. The van der Waals surface area contributed by atoms with Crippen molar-refractivity contribution in [3.05, 3.63) is 34.9 Å². The molecule has 0 atom stereocenters. The van der Waals surface area contributed by atoms with Gasteiger partial charge in [0.2, 0.25) is 0 Å². The predicted molar refractivity (Wildman–Crippen MR) is 81.9 cm³/mol. The van der Waals surface area contributed by atoms with Gasteiger partial charge in [0.1, 0.15) is 0 Å². The molecule has 2 aliphatic rings. The standard InChI is InChI=1S/C17H24ClN/c18-16-8-4-14(5-9-16)15-6-10-17(11-7-15)19-12-2-1-3-13-19/h4-5,8-9,15,17H,1-3,6-7,10-13H2. The van der Waals surface area contributed by atoms with Gasteiger partial charge < -0.3 is 4.90 Å². The first-order chi connectivity index (χ1) is 9.33. The monoisotopic (exact) mass is 277 g/mol. The number of likely N-dealkylation sites (tertiary alicyclic amines) is 1. The molecule has 2 heteroatoms. The number of halogens is 1. The maximum Gasteiger partial charge on any atom is 0.0406 e. The van der Waals surface area contributed by atoms with Crippen LogP contribution in [0.5, 0.6) is 0 Å². The molecule has 1 saturated carbocycles. The predicted octanol–water partition coefficient (Wildman–Crippen LogP) is 4.85. The Balaban J connectivity index is 1.55. The quantitative estimate of drug-likeness (QED) is 0.747. The molecule has 104 valence electrons. The highest BCUT2D eigenvalue weighted by Crippen LogP contribution is 2.35. The van der Waals surface area contributed by atoms with Gasteiger partial charge in [-0.3, -0.25) is 0 Å². The van der Waals surface area contributed by atoms with Crippen molar-refractivity contribution < 1.29 is 0 Å². The lowest BCUT2D eigenvalue weighted by molar-refractivity contribution is 0.125. The summed E-state index contributed by atoms with van der Waals surface area (Å²) in [7, 11) is 0. The molecule has 1 saturated heterocycles. The van der Waals surface area contributed by atoms with E-state index in [1.807, 2.05) is 12.1 Å². The smallest absolute Gasteiger partial charge is 0.0406 e. The van der Waals surface area contributed by atoms with E-state index in [2.05, 4.69) is 17.0 Å². The Morgan fingerprint density at radius 1 is 0.842 bits per heavy atom. The summed E-state index contributed by atoms with van der Waals surface area (Å²) < 4.78 is 0. The summed E-state index contributed by atoms with van der Waals surface area (Å²) in [4.78, 5) is 2.75. The van der Waals surface area contributed by atoms with Gasteiger partial charge in [0.15, 0.2) is 0 Å². The molecule has 1 aromatic carbocycles. The topological polar surface area (TPSA) is 3.24 Å². The van der Waals surface area contributed by atoms with Crippen LogP contribution in [0.1, 0.15) is 56.4 Å². The lowest BCUT2D eigenvalue weighted by Crippen LogP contribution is -2.41. The number of rotatable bonds is 2. The molecule has 1 nitrogen and oxygen atoms in total. The molecule has 0 bridgehead atoms. The summed E-state index contributed by atoms with van der Waals surface area (Å²) in [5.74, 6) is 0.762. The van der Waals surface area contributed by atoms with Crippen LogP contribution in [0.4, 0.5) is 0 Å². The van der Waals surface area contributed by atoms with Crippen molar-refractivity contribution in [3.63, 3.8) is 0 Å². The molecule has 0 unspecified atom stereocenters. The first kappa shape index (κ1) is 13.5. The zero-order valence-electron chi connectivity index (χ0n) is 11.7. The zero-order chi connectivity index (χ0) is 13.1. The first-order valence-corrected chi connectivity index (χ1v) is 8.20. The Labute approximate surface area is 121 Å². The molecule has 1 aromatic rings. The lowest BCUT2D eigenvalue weighted by atomic mass is 9.81. The van der Waals surface area contributed by atoms with Crippen LogP contribution in [-0.4, -0.2) is 24.0 Å². The van der Waals surface area contributed by atoms with Crippen molar-refractivity contribution >= 4 is 11.6 Å². The van der Waals surface area contributed by atoms with Crippen molar-refractivity contribution in [1.29, 1.82) is 0 Å². The minimum atomic E-state index is 0.762. The van der Waals surface area contributed by atoms with E-state index in [1.54, 1.807) is 0 Å². The van der Waals surface area contributed by atoms with Gasteiger partial charge in [-0.1, -0.05) is 30.2 Å². The summed E-state index contributed by atoms with van der Waals surface area (Å²) >= 11 is 5.97. The minimum absolute atomic E-state index is 0.762. The molecule has 0 N–H and O–H groups in total. The summed E-state index contributed by atoms with van der Waals surface area (Å²) in [5, 5.41) is 0.853. The van der Waals surface area contributed by atoms with Crippen LogP contribution in [0, 0.1) is 0 Å². The highest BCUT2D eigenvalue weighted by atomic mass is 35.5. The number of benzene rings is 1. The summed E-state index contributed by atoms with van der Waals surface area (Å²) in [5.41, 5.74) is 1.49. The second-order valence-corrected chi connectivity index (χ2v) is 6.59. The van der Waals surface area contributed by atoms with Gasteiger partial charge in [0, 0.05) is 11.1 Å². The first-order valence-electron chi connectivity index (χ1n) is 7.82. The summed E-state index contributed by atoms with van der Waals surface area (Å²) in [6.07, 6.45) is 9.73. The second-order valence-electron chi connectivity index (χ2n) is 6.15. The van der Waals surface area contributed by atoms with Gasteiger partial charge in [0.25, 0.3) is 0 Å². The fraction of sp³-hybridized carbons (Fsp3) is 0.647. The molecule has 0 radical (unpaired) electrons. The Bertz CT molecular complexity index is 386. The third kappa shape index (κ3) is 3.32. The van der Waals surface area contributed by atoms with Crippen LogP contribution in [-0.2, 0) is 0 Å². The molecular weight excluding hydrogens is 254 g/mol. The van der Waals surface area contributed by atoms with Gasteiger partial charge in [0.05, 0.1) is 0 Å². The average Bonchev–Trinajstić information content (AvgIpc) is 2.49.